The van der Waals surface area contributed by atoms with Crippen molar-refractivity contribution in [1.82, 2.24) is 10.3 Å². The topological polar surface area (TPSA) is 81.2 Å². The summed E-state index contributed by atoms with van der Waals surface area (Å²) in [6.07, 6.45) is 2.02. The molecule has 0 fully saturated rings. The average Bonchev–Trinajstić information content (AvgIpc) is 2.89. The molecule has 0 atom stereocenters. The van der Waals surface area contributed by atoms with Crippen LogP contribution in [-0.4, -0.2) is 24.0 Å². The number of halogens is 2. The molecule has 1 aromatic carbocycles. The third-order valence-electron chi connectivity index (χ3n) is 2.76. The maximum atomic E-state index is 12.0. The molecule has 0 aliphatic carbocycles. The van der Waals surface area contributed by atoms with Crippen LogP contribution in [0.5, 0.6) is 0 Å². The minimum Gasteiger partial charge on any atom is -0.443 e. The number of carbonyl (C=O) groups excluding carboxylic acids is 1. The first-order chi connectivity index (χ1) is 9.22. The van der Waals surface area contributed by atoms with Crippen LogP contribution in [0.1, 0.15) is 22.5 Å². The second kappa shape index (κ2) is 9.39. The molecule has 3 N–H and O–H groups in total. The van der Waals surface area contributed by atoms with E-state index < -0.39 is 0 Å². The molecule has 0 saturated heterocycles. The molecule has 21 heavy (non-hydrogen) atoms. The van der Waals surface area contributed by atoms with Gasteiger partial charge in [-0.2, -0.15) is 0 Å². The van der Waals surface area contributed by atoms with Gasteiger partial charge in [-0.05, 0) is 19.9 Å². The summed E-state index contributed by atoms with van der Waals surface area (Å²) in [7, 11) is 0. The van der Waals surface area contributed by atoms with Gasteiger partial charge in [0.2, 0.25) is 0 Å². The minimum atomic E-state index is -0.238. The smallest absolute Gasteiger partial charge is 0.273 e. The quantitative estimate of drug-likeness (QED) is 0.825. The molecule has 0 saturated carbocycles. The highest BCUT2D eigenvalue weighted by Crippen LogP contribution is 2.23. The second-order valence-electron chi connectivity index (χ2n) is 4.29. The van der Waals surface area contributed by atoms with Gasteiger partial charge in [0.25, 0.3) is 5.91 Å². The van der Waals surface area contributed by atoms with Crippen LogP contribution in [0.25, 0.3) is 11.3 Å². The van der Waals surface area contributed by atoms with Crippen LogP contribution in [0.2, 0.25) is 0 Å². The maximum Gasteiger partial charge on any atom is 0.273 e. The van der Waals surface area contributed by atoms with Crippen molar-refractivity contribution < 1.29 is 9.21 Å². The number of nitrogens with one attached hydrogen (secondary N) is 1. The van der Waals surface area contributed by atoms with Gasteiger partial charge in [-0.1, -0.05) is 29.8 Å². The number of hydrogen-bond donors (Lipinski definition) is 2. The van der Waals surface area contributed by atoms with Gasteiger partial charge in [0, 0.05) is 12.1 Å². The largest absolute Gasteiger partial charge is 0.443 e. The normalized spacial score (nSPS) is 9.43. The summed E-state index contributed by atoms with van der Waals surface area (Å²) in [5.41, 5.74) is 7.68. The van der Waals surface area contributed by atoms with Gasteiger partial charge in [-0.3, -0.25) is 4.79 Å². The van der Waals surface area contributed by atoms with E-state index in [1.54, 1.807) is 0 Å². The number of nitrogens with zero attached hydrogens (tertiary/aromatic N) is 1. The lowest BCUT2D eigenvalue weighted by molar-refractivity contribution is 0.0949. The number of nitrogens with two attached hydrogens (primary N) is 1. The van der Waals surface area contributed by atoms with E-state index in [0.717, 1.165) is 17.5 Å². The Balaban J connectivity index is 0.00000200. The molecule has 0 spiro atoms. The number of carbonyl (C=O) groups is 1. The fourth-order valence-electron chi connectivity index (χ4n) is 1.71. The number of oxazole rings is 1. The highest BCUT2D eigenvalue weighted by Gasteiger charge is 2.17. The van der Waals surface area contributed by atoms with Crippen molar-refractivity contribution >= 4 is 30.7 Å². The van der Waals surface area contributed by atoms with E-state index in [1.165, 1.54) is 6.39 Å². The number of amides is 1. The maximum absolute atomic E-state index is 12.0. The summed E-state index contributed by atoms with van der Waals surface area (Å²) >= 11 is 0. The number of aryl methyl sites for hydroxylation is 1. The molecule has 0 bridgehead atoms. The lowest BCUT2D eigenvalue weighted by Gasteiger charge is -2.04. The van der Waals surface area contributed by atoms with Crippen LogP contribution in [0, 0.1) is 6.92 Å². The van der Waals surface area contributed by atoms with Gasteiger partial charge in [0.15, 0.2) is 17.8 Å². The summed E-state index contributed by atoms with van der Waals surface area (Å²) in [5, 5.41) is 2.77. The molecule has 2 rings (SSSR count). The van der Waals surface area contributed by atoms with E-state index >= 15 is 0 Å². The molecule has 2 aromatic rings. The number of hydrogen-bond acceptors (Lipinski definition) is 4. The fourth-order valence-corrected chi connectivity index (χ4v) is 1.71. The van der Waals surface area contributed by atoms with Crippen LogP contribution < -0.4 is 11.1 Å². The Bertz CT molecular complexity index is 556. The Morgan fingerprint density at radius 3 is 2.57 bits per heavy atom. The van der Waals surface area contributed by atoms with Gasteiger partial charge in [0.1, 0.15) is 0 Å². The Morgan fingerprint density at radius 1 is 1.29 bits per heavy atom. The Hall–Kier alpha value is -1.56. The van der Waals surface area contributed by atoms with Gasteiger partial charge in [0.05, 0.1) is 0 Å². The standard InChI is InChI=1S/C14H17N3O2.2ClH/c1-10-3-5-11(6-4-10)13-12(17-9-19-13)14(18)16-8-2-7-15;;/h3-6,9H,2,7-8,15H2,1H3,(H,16,18);2*1H. The Kier molecular flexibility index (Phi) is 8.69. The first-order valence-electron chi connectivity index (χ1n) is 6.21. The molecule has 5 nitrogen and oxygen atoms in total. The molecule has 1 aromatic heterocycles. The second-order valence-corrected chi connectivity index (χ2v) is 4.29. The molecule has 1 heterocycles. The Labute approximate surface area is 136 Å². The third-order valence-corrected chi connectivity index (χ3v) is 2.76. The lowest BCUT2D eigenvalue weighted by Crippen LogP contribution is -2.26. The van der Waals surface area contributed by atoms with E-state index in [0.29, 0.717) is 24.5 Å². The predicted octanol–water partition coefficient (Wildman–Crippen LogP) is 2.57. The van der Waals surface area contributed by atoms with Crippen LogP contribution in [-0.2, 0) is 0 Å². The van der Waals surface area contributed by atoms with Crippen molar-refractivity contribution in [1.29, 1.82) is 0 Å². The zero-order valence-electron chi connectivity index (χ0n) is 11.7. The number of benzene rings is 1. The predicted molar refractivity (Wildman–Crippen MR) is 87.2 cm³/mol. The Morgan fingerprint density at radius 2 is 1.95 bits per heavy atom. The molecular weight excluding hydrogens is 313 g/mol. The van der Waals surface area contributed by atoms with Crippen LogP contribution in [0.4, 0.5) is 0 Å². The molecular formula is C14H19Cl2N3O2. The first kappa shape index (κ1) is 19.4. The van der Waals surface area contributed by atoms with Crippen molar-refractivity contribution in [2.24, 2.45) is 5.73 Å². The van der Waals surface area contributed by atoms with E-state index in [-0.39, 0.29) is 30.7 Å². The van der Waals surface area contributed by atoms with Crippen molar-refractivity contribution in [2.45, 2.75) is 13.3 Å². The van der Waals surface area contributed by atoms with E-state index in [2.05, 4.69) is 10.3 Å². The van der Waals surface area contributed by atoms with E-state index in [9.17, 15) is 4.79 Å². The van der Waals surface area contributed by atoms with E-state index in [1.807, 2.05) is 31.2 Å². The summed E-state index contributed by atoms with van der Waals surface area (Å²) in [5.74, 6) is 0.253. The van der Waals surface area contributed by atoms with E-state index in [4.69, 9.17) is 10.2 Å². The average molecular weight is 332 g/mol. The van der Waals surface area contributed by atoms with Gasteiger partial charge in [-0.25, -0.2) is 4.98 Å². The fraction of sp³-hybridized carbons (Fsp3) is 0.286. The highest BCUT2D eigenvalue weighted by atomic mass is 35.5. The molecule has 0 unspecified atom stereocenters. The monoisotopic (exact) mass is 331 g/mol. The summed E-state index contributed by atoms with van der Waals surface area (Å²) in [4.78, 5) is 16.0. The van der Waals surface area contributed by atoms with Crippen LogP contribution in [0.3, 0.4) is 0 Å². The van der Waals surface area contributed by atoms with Gasteiger partial charge in [-0.15, -0.1) is 24.8 Å². The highest BCUT2D eigenvalue weighted by molar-refractivity contribution is 5.97. The van der Waals surface area contributed by atoms with Crippen LogP contribution >= 0.6 is 24.8 Å². The van der Waals surface area contributed by atoms with Gasteiger partial charge < -0.3 is 15.5 Å². The third kappa shape index (κ3) is 5.04. The summed E-state index contributed by atoms with van der Waals surface area (Å²) in [6, 6.07) is 7.75. The molecule has 7 heteroatoms. The van der Waals surface area contributed by atoms with Gasteiger partial charge >= 0.3 is 0 Å². The zero-order valence-corrected chi connectivity index (χ0v) is 13.3. The summed E-state index contributed by atoms with van der Waals surface area (Å²) < 4.78 is 5.32. The van der Waals surface area contributed by atoms with Crippen molar-refractivity contribution in [3.8, 4) is 11.3 Å². The summed E-state index contributed by atoms with van der Waals surface area (Å²) in [6.45, 7) is 3.09. The first-order valence-corrected chi connectivity index (χ1v) is 6.21. The number of aromatic nitrogens is 1. The molecule has 0 aliphatic heterocycles. The lowest BCUT2D eigenvalue weighted by atomic mass is 10.1. The number of rotatable bonds is 5. The minimum absolute atomic E-state index is 0. The van der Waals surface area contributed by atoms with Crippen molar-refractivity contribution in [3.63, 3.8) is 0 Å². The molecule has 0 aliphatic rings. The van der Waals surface area contributed by atoms with Crippen molar-refractivity contribution in [3.05, 3.63) is 41.9 Å². The van der Waals surface area contributed by atoms with Crippen LogP contribution in [0.15, 0.2) is 35.1 Å². The van der Waals surface area contributed by atoms with Crippen molar-refractivity contribution in [2.75, 3.05) is 13.1 Å². The zero-order chi connectivity index (χ0) is 13.7. The molecule has 116 valence electrons. The molecule has 1 amide bonds. The molecule has 0 radical (unpaired) electrons. The SMILES string of the molecule is Cc1ccc(-c2ocnc2C(=O)NCCCN)cc1.Cl.Cl.